The Morgan fingerprint density at radius 2 is 1.95 bits per heavy atom. The number of aliphatic imine (C=N–C) groups is 1. The number of aromatic nitrogens is 2. The first kappa shape index (κ1) is 14.7. The molecule has 3 nitrogen and oxygen atoms in total. The van der Waals surface area contributed by atoms with Crippen molar-refractivity contribution in [3.8, 4) is 5.82 Å². The standard InChI is InChI=1S/C18H16BrN3/c1-13-10-15(12-21-17-7-5-6-16(19)11-17)14(2)22(13)18-8-3-4-9-20-18/h3-12H,1-2H3. The van der Waals surface area contributed by atoms with Gasteiger partial charge in [0.1, 0.15) is 5.82 Å². The van der Waals surface area contributed by atoms with Gasteiger partial charge in [0.25, 0.3) is 0 Å². The molecule has 2 aromatic heterocycles. The number of hydrogen-bond donors (Lipinski definition) is 0. The summed E-state index contributed by atoms with van der Waals surface area (Å²) >= 11 is 3.46. The number of benzene rings is 1. The summed E-state index contributed by atoms with van der Waals surface area (Å²) in [5.41, 5.74) is 4.31. The molecule has 0 aliphatic rings. The van der Waals surface area contributed by atoms with Crippen molar-refractivity contribution < 1.29 is 0 Å². The summed E-state index contributed by atoms with van der Waals surface area (Å²) in [6, 6.07) is 16.0. The van der Waals surface area contributed by atoms with Gasteiger partial charge in [-0.3, -0.25) is 4.99 Å². The van der Waals surface area contributed by atoms with Crippen LogP contribution in [0.3, 0.4) is 0 Å². The summed E-state index contributed by atoms with van der Waals surface area (Å²) in [6.45, 7) is 4.17. The van der Waals surface area contributed by atoms with Crippen LogP contribution in [-0.2, 0) is 0 Å². The molecule has 2 heterocycles. The fourth-order valence-electron chi connectivity index (χ4n) is 2.46. The molecule has 0 aliphatic carbocycles. The fourth-order valence-corrected chi connectivity index (χ4v) is 2.84. The van der Waals surface area contributed by atoms with Crippen LogP contribution in [-0.4, -0.2) is 15.8 Å². The van der Waals surface area contributed by atoms with Gasteiger partial charge in [-0.2, -0.15) is 0 Å². The average molecular weight is 354 g/mol. The minimum atomic E-state index is 0.928. The van der Waals surface area contributed by atoms with Crippen molar-refractivity contribution in [2.24, 2.45) is 4.99 Å². The molecule has 0 unspecified atom stereocenters. The van der Waals surface area contributed by atoms with Crippen LogP contribution >= 0.6 is 15.9 Å². The topological polar surface area (TPSA) is 30.2 Å². The lowest BCUT2D eigenvalue weighted by Gasteiger charge is -2.07. The van der Waals surface area contributed by atoms with Crippen molar-refractivity contribution in [2.75, 3.05) is 0 Å². The van der Waals surface area contributed by atoms with Gasteiger partial charge in [-0.15, -0.1) is 0 Å². The Morgan fingerprint density at radius 3 is 2.68 bits per heavy atom. The van der Waals surface area contributed by atoms with Gasteiger partial charge in [0.05, 0.1) is 5.69 Å². The SMILES string of the molecule is Cc1cc(C=Nc2cccc(Br)c2)c(C)n1-c1ccccn1. The van der Waals surface area contributed by atoms with Gasteiger partial charge in [0, 0.05) is 33.8 Å². The molecular weight excluding hydrogens is 338 g/mol. The first-order valence-corrected chi connectivity index (χ1v) is 7.84. The third kappa shape index (κ3) is 3.02. The Morgan fingerprint density at radius 1 is 1.09 bits per heavy atom. The number of aryl methyl sites for hydroxylation is 1. The normalized spacial score (nSPS) is 11.2. The molecule has 3 rings (SSSR count). The molecule has 0 fully saturated rings. The van der Waals surface area contributed by atoms with Crippen molar-refractivity contribution >= 4 is 27.8 Å². The molecule has 0 atom stereocenters. The zero-order chi connectivity index (χ0) is 15.5. The fraction of sp³-hybridized carbons (Fsp3) is 0.111. The van der Waals surface area contributed by atoms with Crippen LogP contribution in [0.5, 0.6) is 0 Å². The number of hydrogen-bond acceptors (Lipinski definition) is 2. The Labute approximate surface area is 138 Å². The molecular formula is C18H16BrN3. The molecule has 0 N–H and O–H groups in total. The van der Waals surface area contributed by atoms with Crippen molar-refractivity contribution in [1.82, 2.24) is 9.55 Å². The summed E-state index contributed by atoms with van der Waals surface area (Å²) in [4.78, 5) is 8.98. The van der Waals surface area contributed by atoms with Crippen molar-refractivity contribution in [2.45, 2.75) is 13.8 Å². The van der Waals surface area contributed by atoms with Crippen LogP contribution in [0.4, 0.5) is 5.69 Å². The Balaban J connectivity index is 1.96. The van der Waals surface area contributed by atoms with E-state index in [2.05, 4.69) is 50.4 Å². The highest BCUT2D eigenvalue weighted by Crippen LogP contribution is 2.21. The van der Waals surface area contributed by atoms with Gasteiger partial charge in [-0.05, 0) is 50.2 Å². The van der Waals surface area contributed by atoms with Gasteiger partial charge in [0.2, 0.25) is 0 Å². The summed E-state index contributed by atoms with van der Waals surface area (Å²) < 4.78 is 3.17. The Hall–Kier alpha value is -2.20. The predicted molar refractivity (Wildman–Crippen MR) is 94.4 cm³/mol. The zero-order valence-electron chi connectivity index (χ0n) is 12.5. The van der Waals surface area contributed by atoms with Crippen molar-refractivity contribution in [1.29, 1.82) is 0 Å². The molecule has 22 heavy (non-hydrogen) atoms. The van der Waals surface area contributed by atoms with Crippen molar-refractivity contribution in [3.05, 3.63) is 76.2 Å². The van der Waals surface area contributed by atoms with Crippen molar-refractivity contribution in [3.63, 3.8) is 0 Å². The second-order valence-corrected chi connectivity index (χ2v) is 6.00. The molecule has 0 radical (unpaired) electrons. The number of nitrogens with zero attached hydrogens (tertiary/aromatic N) is 3. The largest absolute Gasteiger partial charge is 0.303 e. The summed E-state index contributed by atoms with van der Waals surface area (Å²) in [6.07, 6.45) is 3.72. The molecule has 0 amide bonds. The zero-order valence-corrected chi connectivity index (χ0v) is 14.1. The van der Waals surface area contributed by atoms with E-state index in [0.29, 0.717) is 0 Å². The lowest BCUT2D eigenvalue weighted by atomic mass is 10.2. The van der Waals surface area contributed by atoms with Crippen LogP contribution in [0.15, 0.2) is 64.2 Å². The van der Waals surface area contributed by atoms with E-state index < -0.39 is 0 Å². The van der Waals surface area contributed by atoms with Crippen LogP contribution in [0, 0.1) is 13.8 Å². The van der Waals surface area contributed by atoms with E-state index in [0.717, 1.165) is 32.9 Å². The molecule has 3 aromatic rings. The highest BCUT2D eigenvalue weighted by molar-refractivity contribution is 9.10. The molecule has 110 valence electrons. The van der Waals surface area contributed by atoms with Crippen LogP contribution in [0.25, 0.3) is 5.82 Å². The molecule has 1 aromatic carbocycles. The van der Waals surface area contributed by atoms with Gasteiger partial charge >= 0.3 is 0 Å². The third-order valence-corrected chi connectivity index (χ3v) is 4.00. The quantitative estimate of drug-likeness (QED) is 0.609. The minimum Gasteiger partial charge on any atom is -0.303 e. The van der Waals surface area contributed by atoms with Crippen LogP contribution in [0.2, 0.25) is 0 Å². The molecule has 0 spiro atoms. The number of pyridine rings is 1. The maximum absolute atomic E-state index is 4.56. The smallest absolute Gasteiger partial charge is 0.136 e. The monoisotopic (exact) mass is 353 g/mol. The second-order valence-electron chi connectivity index (χ2n) is 5.09. The van der Waals surface area contributed by atoms with E-state index in [4.69, 9.17) is 0 Å². The first-order valence-electron chi connectivity index (χ1n) is 7.05. The maximum Gasteiger partial charge on any atom is 0.136 e. The lowest BCUT2D eigenvalue weighted by molar-refractivity contribution is 0.921. The summed E-state index contributed by atoms with van der Waals surface area (Å²) in [7, 11) is 0. The van der Waals surface area contributed by atoms with Gasteiger partial charge < -0.3 is 4.57 Å². The average Bonchev–Trinajstić information content (AvgIpc) is 2.80. The number of halogens is 1. The van der Waals surface area contributed by atoms with E-state index in [-0.39, 0.29) is 0 Å². The highest BCUT2D eigenvalue weighted by atomic mass is 79.9. The maximum atomic E-state index is 4.56. The van der Waals surface area contributed by atoms with Gasteiger partial charge in [-0.1, -0.05) is 28.1 Å². The molecule has 4 heteroatoms. The Bertz CT molecular complexity index is 820. The minimum absolute atomic E-state index is 0.928. The molecule has 0 aliphatic heterocycles. The molecule has 0 saturated heterocycles. The lowest BCUT2D eigenvalue weighted by Crippen LogP contribution is -2.01. The summed E-state index contributed by atoms with van der Waals surface area (Å²) in [5, 5.41) is 0. The van der Waals surface area contributed by atoms with Gasteiger partial charge in [-0.25, -0.2) is 4.98 Å². The van der Waals surface area contributed by atoms with E-state index in [9.17, 15) is 0 Å². The van der Waals surface area contributed by atoms with E-state index in [1.807, 2.05) is 54.9 Å². The van der Waals surface area contributed by atoms with Crippen LogP contribution < -0.4 is 0 Å². The summed E-state index contributed by atoms with van der Waals surface area (Å²) in [5.74, 6) is 0.930. The predicted octanol–water partition coefficient (Wildman–Crippen LogP) is 5.00. The van der Waals surface area contributed by atoms with Gasteiger partial charge in [0.15, 0.2) is 0 Å². The van der Waals surface area contributed by atoms with E-state index in [1.54, 1.807) is 0 Å². The third-order valence-electron chi connectivity index (χ3n) is 3.51. The van der Waals surface area contributed by atoms with E-state index in [1.165, 1.54) is 0 Å². The molecule has 0 bridgehead atoms. The number of rotatable bonds is 3. The highest BCUT2D eigenvalue weighted by Gasteiger charge is 2.09. The Kier molecular flexibility index (Phi) is 4.20. The second kappa shape index (κ2) is 6.28. The van der Waals surface area contributed by atoms with E-state index >= 15 is 0 Å². The molecule has 0 saturated carbocycles. The van der Waals surface area contributed by atoms with Crippen LogP contribution in [0.1, 0.15) is 17.0 Å². The first-order chi connectivity index (χ1) is 10.6.